The van der Waals surface area contributed by atoms with E-state index in [9.17, 15) is 13.2 Å². The maximum absolute atomic E-state index is 13.3. The summed E-state index contributed by atoms with van der Waals surface area (Å²) in [5.74, 6) is -0.390. The van der Waals surface area contributed by atoms with E-state index in [4.69, 9.17) is 16.3 Å². The number of nitrogens with one attached hydrogen (secondary N) is 3. The Morgan fingerprint density at radius 1 is 0.806 bits per heavy atom. The van der Waals surface area contributed by atoms with Gasteiger partial charge in [-0.05, 0) is 41.5 Å². The molecule has 9 heteroatoms. The fourth-order valence-electron chi connectivity index (χ4n) is 3.79. The van der Waals surface area contributed by atoms with Gasteiger partial charge in [-0.25, -0.2) is 13.6 Å². The molecule has 4 aromatic rings. The van der Waals surface area contributed by atoms with E-state index in [1.165, 1.54) is 6.07 Å². The van der Waals surface area contributed by atoms with E-state index in [1.54, 1.807) is 66.7 Å². The molecule has 8 nitrogen and oxygen atoms in total. The second-order valence-corrected chi connectivity index (χ2v) is 9.62. The molecule has 0 saturated heterocycles. The first-order valence-electron chi connectivity index (χ1n) is 11.0. The summed E-state index contributed by atoms with van der Waals surface area (Å²) in [6.07, 6.45) is 0. The molecule has 1 unspecified atom stereocenters. The number of hydrogen-bond donors (Lipinski definition) is 5. The van der Waals surface area contributed by atoms with E-state index in [1.807, 2.05) is 30.3 Å². The average Bonchev–Trinajstić information content (AvgIpc) is 2.88. The minimum atomic E-state index is -3.89. The number of carbonyl (C=O) groups is 1. The average molecular weight is 500 g/mol. The van der Waals surface area contributed by atoms with Crippen molar-refractivity contribution in [1.82, 2.24) is 0 Å². The zero-order valence-electron chi connectivity index (χ0n) is 19.2. The lowest BCUT2D eigenvalue weighted by atomic mass is 10.0. The highest BCUT2D eigenvalue weighted by Crippen LogP contribution is 2.29. The van der Waals surface area contributed by atoms with Crippen molar-refractivity contribution in [3.63, 3.8) is 0 Å². The number of nitrogens with two attached hydrogens (primary N) is 2. The monoisotopic (exact) mass is 499 g/mol. The zero-order valence-corrected chi connectivity index (χ0v) is 20.0. The predicted octanol–water partition coefficient (Wildman–Crippen LogP) is 4.08. The maximum atomic E-state index is 13.3. The SMILES string of the molecule is N=C(N)c1cccc(NC(=O)C(Nc2ccc(-c3ccccc3S(N)(=O)=O)cc2)c2ccccc2)c1. The highest BCUT2D eigenvalue weighted by Gasteiger charge is 2.21. The first-order valence-corrected chi connectivity index (χ1v) is 12.6. The normalized spacial score (nSPS) is 11.9. The summed E-state index contributed by atoms with van der Waals surface area (Å²) in [6.45, 7) is 0. The number of benzene rings is 4. The Kier molecular flexibility index (Phi) is 7.14. The van der Waals surface area contributed by atoms with Crippen LogP contribution in [-0.2, 0) is 14.8 Å². The van der Waals surface area contributed by atoms with E-state index in [0.29, 0.717) is 28.1 Å². The van der Waals surface area contributed by atoms with Crippen LogP contribution in [0.1, 0.15) is 17.2 Å². The molecule has 0 aliphatic carbocycles. The highest BCUT2D eigenvalue weighted by atomic mass is 32.2. The topological polar surface area (TPSA) is 151 Å². The van der Waals surface area contributed by atoms with Crippen molar-refractivity contribution in [1.29, 1.82) is 5.41 Å². The Morgan fingerprint density at radius 2 is 1.47 bits per heavy atom. The second-order valence-electron chi connectivity index (χ2n) is 8.09. The zero-order chi connectivity index (χ0) is 25.7. The van der Waals surface area contributed by atoms with Gasteiger partial charge in [0.1, 0.15) is 11.9 Å². The third-order valence-electron chi connectivity index (χ3n) is 5.54. The van der Waals surface area contributed by atoms with Gasteiger partial charge in [0.15, 0.2) is 0 Å². The summed E-state index contributed by atoms with van der Waals surface area (Å²) in [7, 11) is -3.89. The quantitative estimate of drug-likeness (QED) is 0.183. The van der Waals surface area contributed by atoms with Gasteiger partial charge >= 0.3 is 0 Å². The molecule has 0 heterocycles. The Labute approximate surface area is 209 Å². The third kappa shape index (κ3) is 5.77. The maximum Gasteiger partial charge on any atom is 0.251 e. The van der Waals surface area contributed by atoms with E-state index in [-0.39, 0.29) is 16.6 Å². The van der Waals surface area contributed by atoms with Gasteiger partial charge in [0, 0.05) is 22.5 Å². The molecule has 0 aliphatic rings. The van der Waals surface area contributed by atoms with Crippen LogP contribution in [0.2, 0.25) is 0 Å². The van der Waals surface area contributed by atoms with Crippen LogP contribution in [0.3, 0.4) is 0 Å². The molecule has 1 atom stereocenters. The molecule has 0 bridgehead atoms. The standard InChI is InChI=1S/C27H25N5O3S/c28-26(29)20-9-6-10-22(17-20)32-27(33)25(19-7-2-1-3-8-19)31-21-15-13-18(14-16-21)23-11-4-5-12-24(23)36(30,34)35/h1-17,25,31H,(H3,28,29)(H,32,33)(H2,30,34,35). The van der Waals surface area contributed by atoms with E-state index < -0.39 is 16.1 Å². The van der Waals surface area contributed by atoms with Crippen LogP contribution >= 0.6 is 0 Å². The van der Waals surface area contributed by atoms with Crippen LogP contribution in [0.4, 0.5) is 11.4 Å². The molecular formula is C27H25N5O3S. The van der Waals surface area contributed by atoms with Gasteiger partial charge in [-0.1, -0.05) is 72.8 Å². The van der Waals surface area contributed by atoms with Crippen molar-refractivity contribution in [2.24, 2.45) is 10.9 Å². The number of carbonyl (C=O) groups excluding carboxylic acids is 1. The van der Waals surface area contributed by atoms with Crippen molar-refractivity contribution < 1.29 is 13.2 Å². The molecule has 0 aromatic heterocycles. The Morgan fingerprint density at radius 3 is 2.14 bits per heavy atom. The summed E-state index contributed by atoms with van der Waals surface area (Å²) >= 11 is 0. The number of anilines is 2. The largest absolute Gasteiger partial charge is 0.384 e. The molecule has 182 valence electrons. The molecule has 0 aliphatic heterocycles. The van der Waals surface area contributed by atoms with Crippen molar-refractivity contribution in [2.45, 2.75) is 10.9 Å². The van der Waals surface area contributed by atoms with Crippen molar-refractivity contribution in [3.8, 4) is 11.1 Å². The summed E-state index contributed by atoms with van der Waals surface area (Å²) < 4.78 is 24.0. The third-order valence-corrected chi connectivity index (χ3v) is 6.51. The lowest BCUT2D eigenvalue weighted by Crippen LogP contribution is -2.27. The van der Waals surface area contributed by atoms with E-state index in [0.717, 1.165) is 5.56 Å². The van der Waals surface area contributed by atoms with Gasteiger partial charge < -0.3 is 16.4 Å². The molecule has 1 amide bonds. The summed E-state index contributed by atoms with van der Waals surface area (Å²) in [5.41, 5.74) is 9.18. The predicted molar refractivity (Wildman–Crippen MR) is 142 cm³/mol. The van der Waals surface area contributed by atoms with Gasteiger partial charge in [0.05, 0.1) is 4.90 Å². The molecule has 7 N–H and O–H groups in total. The summed E-state index contributed by atoms with van der Waals surface area (Å²) in [6, 6.07) is 28.9. The molecule has 0 fully saturated rings. The first-order chi connectivity index (χ1) is 17.2. The van der Waals surface area contributed by atoms with Crippen LogP contribution in [0.25, 0.3) is 11.1 Å². The number of primary sulfonamides is 1. The van der Waals surface area contributed by atoms with Crippen LogP contribution in [0.5, 0.6) is 0 Å². The molecule has 4 aromatic carbocycles. The fraction of sp³-hybridized carbons (Fsp3) is 0.0370. The summed E-state index contributed by atoms with van der Waals surface area (Å²) in [4.78, 5) is 13.3. The van der Waals surface area contributed by atoms with E-state index in [2.05, 4.69) is 10.6 Å². The number of amidine groups is 1. The highest BCUT2D eigenvalue weighted by molar-refractivity contribution is 7.89. The molecule has 0 radical (unpaired) electrons. The van der Waals surface area contributed by atoms with Gasteiger partial charge in [-0.3, -0.25) is 10.2 Å². The van der Waals surface area contributed by atoms with Gasteiger partial charge in [0.25, 0.3) is 5.91 Å². The van der Waals surface area contributed by atoms with Crippen molar-refractivity contribution >= 4 is 33.1 Å². The molecule has 4 rings (SSSR count). The Hall–Kier alpha value is -4.47. The number of hydrogen-bond acceptors (Lipinski definition) is 5. The number of rotatable bonds is 8. The van der Waals surface area contributed by atoms with Crippen LogP contribution in [-0.4, -0.2) is 20.2 Å². The van der Waals surface area contributed by atoms with Crippen molar-refractivity contribution in [2.75, 3.05) is 10.6 Å². The number of amides is 1. The first kappa shape index (κ1) is 24.6. The number of nitrogen functional groups attached to an aromatic ring is 1. The minimum Gasteiger partial charge on any atom is -0.384 e. The minimum absolute atomic E-state index is 0.0417. The molecule has 36 heavy (non-hydrogen) atoms. The Balaban J connectivity index is 1.61. The molecule has 0 spiro atoms. The smallest absolute Gasteiger partial charge is 0.251 e. The van der Waals surface area contributed by atoms with Crippen LogP contribution in [0, 0.1) is 5.41 Å². The lowest BCUT2D eigenvalue weighted by Gasteiger charge is -2.20. The van der Waals surface area contributed by atoms with Gasteiger partial charge in [0.2, 0.25) is 10.0 Å². The second kappa shape index (κ2) is 10.4. The molecular weight excluding hydrogens is 474 g/mol. The molecule has 0 saturated carbocycles. The fourth-order valence-corrected chi connectivity index (χ4v) is 4.55. The van der Waals surface area contributed by atoms with Crippen molar-refractivity contribution in [3.05, 3.63) is 114 Å². The van der Waals surface area contributed by atoms with Crippen LogP contribution in [0.15, 0.2) is 108 Å². The van der Waals surface area contributed by atoms with Gasteiger partial charge in [-0.15, -0.1) is 0 Å². The number of sulfonamides is 1. The Bertz CT molecular complexity index is 1500. The summed E-state index contributed by atoms with van der Waals surface area (Å²) in [5, 5.41) is 19.1. The van der Waals surface area contributed by atoms with Gasteiger partial charge in [-0.2, -0.15) is 0 Å². The lowest BCUT2D eigenvalue weighted by molar-refractivity contribution is -0.117. The van der Waals surface area contributed by atoms with Crippen LogP contribution < -0.4 is 21.5 Å². The van der Waals surface area contributed by atoms with E-state index >= 15 is 0 Å².